The molecule has 15 heavy (non-hydrogen) atoms. The molecule has 1 amide bonds. The van der Waals surface area contributed by atoms with Gasteiger partial charge in [0, 0.05) is 20.2 Å². The second-order valence-corrected chi connectivity index (χ2v) is 4.53. The Kier molecular flexibility index (Phi) is 5.60. The van der Waals surface area contributed by atoms with Gasteiger partial charge in [0.1, 0.15) is 5.60 Å². The number of hydrogen-bond acceptors (Lipinski definition) is 4. The molecule has 0 radical (unpaired) electrons. The van der Waals surface area contributed by atoms with Crippen molar-refractivity contribution in [2.75, 3.05) is 20.2 Å². The van der Waals surface area contributed by atoms with Crippen molar-refractivity contribution in [2.24, 2.45) is 0 Å². The minimum Gasteiger partial charge on any atom is -0.444 e. The predicted molar refractivity (Wildman–Crippen MR) is 56.6 cm³/mol. The maximum Gasteiger partial charge on any atom is 0.410 e. The SMILES string of the molecule is CN(C[C@H](O)CCO)C(=O)OC(C)(C)C. The Morgan fingerprint density at radius 1 is 1.47 bits per heavy atom. The molecule has 0 heterocycles. The fourth-order valence-corrected chi connectivity index (χ4v) is 0.971. The number of ether oxygens (including phenoxy) is 1. The molecule has 0 saturated carbocycles. The van der Waals surface area contributed by atoms with E-state index in [1.807, 2.05) is 0 Å². The van der Waals surface area contributed by atoms with Crippen LogP contribution in [0.4, 0.5) is 4.79 Å². The molecule has 0 aromatic heterocycles. The van der Waals surface area contributed by atoms with E-state index in [-0.39, 0.29) is 19.6 Å². The molecule has 5 heteroatoms. The molecule has 0 aromatic carbocycles. The van der Waals surface area contributed by atoms with Crippen LogP contribution in [-0.4, -0.2) is 53.1 Å². The summed E-state index contributed by atoms with van der Waals surface area (Å²) in [6.07, 6.45) is -0.931. The molecule has 0 rings (SSSR count). The quantitative estimate of drug-likeness (QED) is 0.726. The van der Waals surface area contributed by atoms with E-state index < -0.39 is 17.8 Å². The van der Waals surface area contributed by atoms with E-state index in [1.54, 1.807) is 27.8 Å². The Balaban J connectivity index is 3.99. The molecule has 5 nitrogen and oxygen atoms in total. The first-order valence-corrected chi connectivity index (χ1v) is 4.99. The van der Waals surface area contributed by atoms with Gasteiger partial charge in [0.15, 0.2) is 0 Å². The van der Waals surface area contributed by atoms with Crippen LogP contribution in [0.5, 0.6) is 0 Å². The van der Waals surface area contributed by atoms with Crippen LogP contribution in [0.25, 0.3) is 0 Å². The zero-order chi connectivity index (χ0) is 12.1. The van der Waals surface area contributed by atoms with Crippen LogP contribution < -0.4 is 0 Å². The summed E-state index contributed by atoms with van der Waals surface area (Å²) in [5.74, 6) is 0. The van der Waals surface area contributed by atoms with Gasteiger partial charge < -0.3 is 19.8 Å². The number of amides is 1. The monoisotopic (exact) mass is 219 g/mol. The number of nitrogens with zero attached hydrogens (tertiary/aromatic N) is 1. The van der Waals surface area contributed by atoms with Crippen molar-refractivity contribution in [1.82, 2.24) is 4.90 Å². The lowest BCUT2D eigenvalue weighted by atomic mass is 10.2. The van der Waals surface area contributed by atoms with E-state index in [1.165, 1.54) is 4.90 Å². The Bertz CT molecular complexity index is 200. The fraction of sp³-hybridized carbons (Fsp3) is 0.900. The second-order valence-electron chi connectivity index (χ2n) is 4.53. The molecule has 0 aromatic rings. The number of aliphatic hydroxyl groups excluding tert-OH is 2. The average Bonchev–Trinajstić information content (AvgIpc) is 2.00. The molecule has 2 N–H and O–H groups in total. The smallest absolute Gasteiger partial charge is 0.410 e. The number of carbonyl (C=O) groups is 1. The minimum absolute atomic E-state index is 0.0939. The van der Waals surface area contributed by atoms with Gasteiger partial charge in [-0.1, -0.05) is 0 Å². The fourth-order valence-electron chi connectivity index (χ4n) is 0.971. The van der Waals surface area contributed by atoms with Gasteiger partial charge in [-0.25, -0.2) is 4.79 Å². The van der Waals surface area contributed by atoms with Gasteiger partial charge in [-0.15, -0.1) is 0 Å². The third-order valence-electron chi connectivity index (χ3n) is 1.65. The molecule has 0 aliphatic rings. The Morgan fingerprint density at radius 3 is 2.40 bits per heavy atom. The van der Waals surface area contributed by atoms with Crippen molar-refractivity contribution in [2.45, 2.75) is 38.9 Å². The Labute approximate surface area is 90.6 Å². The first-order valence-electron chi connectivity index (χ1n) is 4.99. The van der Waals surface area contributed by atoms with Crippen LogP contribution in [0.15, 0.2) is 0 Å². The summed E-state index contributed by atoms with van der Waals surface area (Å²) in [7, 11) is 1.55. The third kappa shape index (κ3) is 7.16. The molecule has 0 unspecified atom stereocenters. The number of aliphatic hydroxyl groups is 2. The number of likely N-dealkylation sites (N-methyl/N-ethyl adjacent to an activating group) is 1. The third-order valence-corrected chi connectivity index (χ3v) is 1.65. The van der Waals surface area contributed by atoms with Crippen LogP contribution in [0.2, 0.25) is 0 Å². The topological polar surface area (TPSA) is 70.0 Å². The van der Waals surface area contributed by atoms with Gasteiger partial charge in [0.25, 0.3) is 0 Å². The van der Waals surface area contributed by atoms with Crippen LogP contribution in [0.1, 0.15) is 27.2 Å². The maximum atomic E-state index is 11.4. The second kappa shape index (κ2) is 5.92. The van der Waals surface area contributed by atoms with E-state index in [2.05, 4.69) is 0 Å². The highest BCUT2D eigenvalue weighted by molar-refractivity contribution is 5.67. The number of rotatable bonds is 4. The van der Waals surface area contributed by atoms with Crippen molar-refractivity contribution >= 4 is 6.09 Å². The van der Waals surface area contributed by atoms with Crippen molar-refractivity contribution < 1.29 is 19.7 Å². The van der Waals surface area contributed by atoms with Gasteiger partial charge >= 0.3 is 6.09 Å². The van der Waals surface area contributed by atoms with Crippen LogP contribution in [0, 0.1) is 0 Å². The van der Waals surface area contributed by atoms with E-state index in [0.717, 1.165) is 0 Å². The van der Waals surface area contributed by atoms with Crippen molar-refractivity contribution in [3.05, 3.63) is 0 Å². The summed E-state index contributed by atoms with van der Waals surface area (Å²) in [5.41, 5.74) is -0.534. The zero-order valence-corrected chi connectivity index (χ0v) is 9.86. The molecule has 90 valence electrons. The van der Waals surface area contributed by atoms with Crippen molar-refractivity contribution in [3.8, 4) is 0 Å². The summed E-state index contributed by atoms with van der Waals surface area (Å²) >= 11 is 0. The van der Waals surface area contributed by atoms with Gasteiger partial charge in [0.05, 0.1) is 6.10 Å². The standard InChI is InChI=1S/C10H21NO4/c1-10(2,3)15-9(14)11(4)7-8(13)5-6-12/h8,12-13H,5-7H2,1-4H3/t8-/m1/s1. The van der Waals surface area contributed by atoms with Crippen LogP contribution in [0.3, 0.4) is 0 Å². The van der Waals surface area contributed by atoms with Gasteiger partial charge in [-0.3, -0.25) is 0 Å². The Morgan fingerprint density at radius 2 is 2.00 bits per heavy atom. The molecule has 0 aliphatic heterocycles. The summed E-state index contributed by atoms with van der Waals surface area (Å²) in [4.78, 5) is 12.7. The zero-order valence-electron chi connectivity index (χ0n) is 9.86. The van der Waals surface area contributed by atoms with Crippen molar-refractivity contribution in [1.29, 1.82) is 0 Å². The van der Waals surface area contributed by atoms with E-state index in [0.29, 0.717) is 0 Å². The van der Waals surface area contributed by atoms with E-state index >= 15 is 0 Å². The molecule has 0 saturated heterocycles. The molecule has 0 fully saturated rings. The van der Waals surface area contributed by atoms with E-state index in [4.69, 9.17) is 9.84 Å². The summed E-state index contributed by atoms with van der Waals surface area (Å²) in [5, 5.41) is 17.9. The lowest BCUT2D eigenvalue weighted by Crippen LogP contribution is -2.38. The largest absolute Gasteiger partial charge is 0.444 e. The predicted octanol–water partition coefficient (Wildman–Crippen LogP) is 0.597. The van der Waals surface area contributed by atoms with Crippen LogP contribution in [-0.2, 0) is 4.74 Å². The normalized spacial score (nSPS) is 13.5. The van der Waals surface area contributed by atoms with Gasteiger partial charge in [-0.05, 0) is 27.2 Å². The summed E-state index contributed by atoms with van der Waals surface area (Å²) in [6.45, 7) is 5.41. The minimum atomic E-state index is -0.715. The van der Waals surface area contributed by atoms with Crippen molar-refractivity contribution in [3.63, 3.8) is 0 Å². The lowest BCUT2D eigenvalue weighted by molar-refractivity contribution is 0.0182. The first kappa shape index (κ1) is 14.2. The van der Waals surface area contributed by atoms with E-state index in [9.17, 15) is 9.90 Å². The molecular weight excluding hydrogens is 198 g/mol. The highest BCUT2D eigenvalue weighted by atomic mass is 16.6. The molecule has 0 bridgehead atoms. The van der Waals surface area contributed by atoms with Crippen LogP contribution >= 0.6 is 0 Å². The van der Waals surface area contributed by atoms with Gasteiger partial charge in [0.2, 0.25) is 0 Å². The Hall–Kier alpha value is -0.810. The first-order chi connectivity index (χ1) is 6.76. The molecule has 0 spiro atoms. The molecule has 0 aliphatic carbocycles. The molecule has 1 atom stereocenters. The molecular formula is C10H21NO4. The average molecular weight is 219 g/mol. The summed E-state index contributed by atoms with van der Waals surface area (Å²) < 4.78 is 5.09. The lowest BCUT2D eigenvalue weighted by Gasteiger charge is -2.25. The highest BCUT2D eigenvalue weighted by Crippen LogP contribution is 2.09. The number of hydrogen-bond donors (Lipinski definition) is 2. The highest BCUT2D eigenvalue weighted by Gasteiger charge is 2.20. The summed E-state index contributed by atoms with van der Waals surface area (Å²) in [6, 6.07) is 0. The maximum absolute atomic E-state index is 11.4. The van der Waals surface area contributed by atoms with Gasteiger partial charge in [-0.2, -0.15) is 0 Å². The number of carbonyl (C=O) groups excluding carboxylic acids is 1.